The zero-order chi connectivity index (χ0) is 30.8. The Morgan fingerprint density at radius 3 is 1.46 bits per heavy atom. The van der Waals surface area contributed by atoms with E-state index in [9.17, 15) is 0 Å². The van der Waals surface area contributed by atoms with E-state index in [2.05, 4.69) is 181 Å². The van der Waals surface area contributed by atoms with Gasteiger partial charge in [0.15, 0.2) is 0 Å². The van der Waals surface area contributed by atoms with Crippen LogP contribution in [-0.4, -0.2) is 9.13 Å². The van der Waals surface area contributed by atoms with Gasteiger partial charge in [-0.1, -0.05) is 97.1 Å². The molecule has 0 unspecified atom stereocenters. The van der Waals surface area contributed by atoms with Crippen LogP contribution < -0.4 is 0 Å². The van der Waals surface area contributed by atoms with Gasteiger partial charge in [-0.3, -0.25) is 0 Å². The smallest absolute Gasteiger partial charge is 0.0541 e. The largest absolute Gasteiger partial charge is 0.309 e. The predicted octanol–water partition coefficient (Wildman–Crippen LogP) is 11.8. The molecule has 0 bridgehead atoms. The van der Waals surface area contributed by atoms with Gasteiger partial charge in [0.05, 0.1) is 22.1 Å². The summed E-state index contributed by atoms with van der Waals surface area (Å²) in [4.78, 5) is 0. The van der Waals surface area contributed by atoms with Crippen LogP contribution in [0.4, 0.5) is 0 Å². The Hall–Kier alpha value is -5.86. The SMILES string of the molecule is Cc1ccccc1-c1cc(-n2c3ccccc3c3cc(-c4ccc5c(c4)c4ccccc4n5-c4ccccc4)ccc32)ccc1C. The van der Waals surface area contributed by atoms with E-state index in [4.69, 9.17) is 0 Å². The first kappa shape index (κ1) is 26.5. The van der Waals surface area contributed by atoms with Crippen molar-refractivity contribution in [1.82, 2.24) is 9.13 Å². The number of hydrogen-bond acceptors (Lipinski definition) is 0. The Kier molecular flexibility index (Phi) is 5.97. The fourth-order valence-corrected chi connectivity index (χ4v) is 7.35. The van der Waals surface area contributed by atoms with Gasteiger partial charge in [0, 0.05) is 32.9 Å². The Morgan fingerprint density at radius 1 is 0.326 bits per heavy atom. The first-order valence-electron chi connectivity index (χ1n) is 15.9. The minimum Gasteiger partial charge on any atom is -0.309 e. The van der Waals surface area contributed by atoms with Crippen molar-refractivity contribution in [3.8, 4) is 33.6 Å². The van der Waals surface area contributed by atoms with Crippen LogP contribution in [0.3, 0.4) is 0 Å². The minimum atomic E-state index is 1.18. The normalized spacial score (nSPS) is 11.7. The zero-order valence-corrected chi connectivity index (χ0v) is 25.9. The third-order valence-corrected chi connectivity index (χ3v) is 9.61. The second-order valence-corrected chi connectivity index (χ2v) is 12.3. The summed E-state index contributed by atoms with van der Waals surface area (Å²) >= 11 is 0. The van der Waals surface area contributed by atoms with Crippen LogP contribution in [0.5, 0.6) is 0 Å². The molecule has 218 valence electrons. The molecule has 0 radical (unpaired) electrons. The quantitative estimate of drug-likeness (QED) is 0.194. The molecule has 0 N–H and O–H groups in total. The molecule has 2 heterocycles. The maximum atomic E-state index is 2.42. The Morgan fingerprint density at radius 2 is 0.826 bits per heavy atom. The summed E-state index contributed by atoms with van der Waals surface area (Å²) in [7, 11) is 0. The van der Waals surface area contributed by atoms with Crippen LogP contribution in [0.2, 0.25) is 0 Å². The van der Waals surface area contributed by atoms with E-state index in [0.717, 1.165) is 0 Å². The average molecular weight is 589 g/mol. The lowest BCUT2D eigenvalue weighted by atomic mass is 9.96. The standard InChI is InChI=1S/C44H32N2/c1-29-12-6-7-15-35(29)38-28-34(23-20-30(38)2)46-42-19-11-9-17-37(42)40-27-32(22-25-44(40)46)31-21-24-43-39(26-31)36-16-8-10-18-41(36)45(43)33-13-4-3-5-14-33/h3-28H,1-2H3. The average Bonchev–Trinajstić information content (AvgIpc) is 3.61. The van der Waals surface area contributed by atoms with Crippen LogP contribution in [-0.2, 0) is 0 Å². The van der Waals surface area contributed by atoms with Gasteiger partial charge in [0.1, 0.15) is 0 Å². The van der Waals surface area contributed by atoms with Crippen LogP contribution in [0, 0.1) is 13.8 Å². The number of benzene rings is 7. The van der Waals surface area contributed by atoms with Crippen molar-refractivity contribution in [2.75, 3.05) is 0 Å². The molecule has 2 heteroatoms. The molecule has 7 aromatic carbocycles. The van der Waals surface area contributed by atoms with E-state index >= 15 is 0 Å². The Bertz CT molecular complexity index is 2600. The second-order valence-electron chi connectivity index (χ2n) is 12.3. The fourth-order valence-electron chi connectivity index (χ4n) is 7.35. The van der Waals surface area contributed by atoms with E-state index < -0.39 is 0 Å². The molecule has 0 spiro atoms. The molecule has 9 rings (SSSR count). The third-order valence-electron chi connectivity index (χ3n) is 9.61. The van der Waals surface area contributed by atoms with Crippen LogP contribution >= 0.6 is 0 Å². The van der Waals surface area contributed by atoms with Gasteiger partial charge in [0.25, 0.3) is 0 Å². The highest BCUT2D eigenvalue weighted by atomic mass is 15.0. The van der Waals surface area contributed by atoms with E-state index in [0.29, 0.717) is 0 Å². The topological polar surface area (TPSA) is 9.86 Å². The van der Waals surface area contributed by atoms with Gasteiger partial charge in [-0.15, -0.1) is 0 Å². The van der Waals surface area contributed by atoms with Gasteiger partial charge < -0.3 is 9.13 Å². The Labute approximate surface area is 268 Å². The van der Waals surface area contributed by atoms with E-state index in [1.807, 2.05) is 0 Å². The zero-order valence-electron chi connectivity index (χ0n) is 25.9. The third kappa shape index (κ3) is 4.04. The van der Waals surface area contributed by atoms with Crippen molar-refractivity contribution in [1.29, 1.82) is 0 Å². The fraction of sp³-hybridized carbons (Fsp3) is 0.0455. The molecule has 9 aromatic rings. The summed E-state index contributed by atoms with van der Waals surface area (Å²) in [6.07, 6.45) is 0. The molecular weight excluding hydrogens is 556 g/mol. The predicted molar refractivity (Wildman–Crippen MR) is 195 cm³/mol. The molecular formula is C44H32N2. The van der Waals surface area contributed by atoms with Gasteiger partial charge in [-0.2, -0.15) is 0 Å². The summed E-state index contributed by atoms with van der Waals surface area (Å²) in [6.45, 7) is 4.40. The molecule has 0 atom stereocenters. The van der Waals surface area contributed by atoms with E-state index in [1.54, 1.807) is 0 Å². The maximum Gasteiger partial charge on any atom is 0.0541 e. The molecule has 0 aliphatic heterocycles. The van der Waals surface area contributed by atoms with Gasteiger partial charge in [-0.05, 0) is 108 Å². The van der Waals surface area contributed by atoms with E-state index in [1.165, 1.54) is 88.4 Å². The van der Waals surface area contributed by atoms with Crippen molar-refractivity contribution >= 4 is 43.6 Å². The summed E-state index contributed by atoms with van der Waals surface area (Å²) in [5.41, 5.74) is 14.8. The molecule has 0 saturated heterocycles. The molecule has 46 heavy (non-hydrogen) atoms. The molecule has 2 nitrogen and oxygen atoms in total. The lowest BCUT2D eigenvalue weighted by molar-refractivity contribution is 1.17. The van der Waals surface area contributed by atoms with E-state index in [-0.39, 0.29) is 0 Å². The molecule has 0 fully saturated rings. The van der Waals surface area contributed by atoms with Crippen molar-refractivity contribution in [3.63, 3.8) is 0 Å². The van der Waals surface area contributed by atoms with Crippen molar-refractivity contribution in [3.05, 3.63) is 169 Å². The Balaban J connectivity index is 1.23. The number of aromatic nitrogens is 2. The first-order chi connectivity index (χ1) is 22.7. The number of para-hydroxylation sites is 3. The van der Waals surface area contributed by atoms with Crippen molar-refractivity contribution in [2.24, 2.45) is 0 Å². The number of fused-ring (bicyclic) bond motifs is 6. The molecule has 0 saturated carbocycles. The lowest BCUT2D eigenvalue weighted by Crippen LogP contribution is -1.96. The van der Waals surface area contributed by atoms with Crippen LogP contribution in [0.15, 0.2) is 158 Å². The number of aryl methyl sites for hydroxylation is 2. The monoisotopic (exact) mass is 588 g/mol. The molecule has 0 aliphatic carbocycles. The van der Waals surface area contributed by atoms with Crippen molar-refractivity contribution in [2.45, 2.75) is 13.8 Å². The molecule has 0 aliphatic rings. The number of rotatable bonds is 4. The lowest BCUT2D eigenvalue weighted by Gasteiger charge is -2.14. The van der Waals surface area contributed by atoms with Gasteiger partial charge in [-0.25, -0.2) is 0 Å². The highest BCUT2D eigenvalue weighted by molar-refractivity contribution is 6.12. The van der Waals surface area contributed by atoms with Crippen molar-refractivity contribution < 1.29 is 0 Å². The summed E-state index contributed by atoms with van der Waals surface area (Å²) < 4.78 is 4.80. The van der Waals surface area contributed by atoms with Crippen LogP contribution in [0.25, 0.3) is 77.2 Å². The van der Waals surface area contributed by atoms with Crippen LogP contribution in [0.1, 0.15) is 11.1 Å². The summed E-state index contributed by atoms with van der Waals surface area (Å²) in [6, 6.07) is 57.6. The highest BCUT2D eigenvalue weighted by Gasteiger charge is 2.17. The van der Waals surface area contributed by atoms with Gasteiger partial charge in [0.2, 0.25) is 0 Å². The minimum absolute atomic E-state index is 1.18. The molecule has 0 amide bonds. The summed E-state index contributed by atoms with van der Waals surface area (Å²) in [5.74, 6) is 0. The summed E-state index contributed by atoms with van der Waals surface area (Å²) in [5, 5.41) is 5.06. The number of nitrogens with zero attached hydrogens (tertiary/aromatic N) is 2. The number of hydrogen-bond donors (Lipinski definition) is 0. The maximum absolute atomic E-state index is 2.42. The highest BCUT2D eigenvalue weighted by Crippen LogP contribution is 2.39. The first-order valence-corrected chi connectivity index (χ1v) is 15.9. The molecule has 2 aromatic heterocycles. The second kappa shape index (κ2) is 10.4. The van der Waals surface area contributed by atoms with Gasteiger partial charge >= 0.3 is 0 Å².